The lowest BCUT2D eigenvalue weighted by atomic mass is 9.99. The van der Waals surface area contributed by atoms with Crippen molar-refractivity contribution in [3.8, 4) is 0 Å². The molecule has 3 atom stereocenters. The van der Waals surface area contributed by atoms with Crippen LogP contribution in [0.1, 0.15) is 13.3 Å². The Hall–Kier alpha value is -1.87. The molecule has 0 spiro atoms. The maximum absolute atomic E-state index is 12.6. The number of carbonyl (C=O) groups excluding carboxylic acids is 1. The third-order valence-corrected chi connectivity index (χ3v) is 5.26. The molecule has 1 amide bonds. The summed E-state index contributed by atoms with van der Waals surface area (Å²) in [6.07, 6.45) is 0.991. The molecule has 1 aliphatic heterocycles. The molecule has 1 N–H and O–H groups in total. The Balaban J connectivity index is 1.60. The number of amides is 1. The summed E-state index contributed by atoms with van der Waals surface area (Å²) in [5, 5.41) is 5.38. The van der Waals surface area contributed by atoms with Gasteiger partial charge in [-0.1, -0.05) is 43.3 Å². The van der Waals surface area contributed by atoms with E-state index in [9.17, 15) is 4.79 Å². The first-order valence-electron chi connectivity index (χ1n) is 7.56. The normalized spacial score (nSPS) is 30.7. The van der Waals surface area contributed by atoms with Crippen molar-refractivity contribution in [2.45, 2.75) is 13.3 Å². The van der Waals surface area contributed by atoms with E-state index in [2.05, 4.69) is 30.4 Å². The molecule has 1 aliphatic carbocycles. The van der Waals surface area contributed by atoms with Crippen molar-refractivity contribution in [3.63, 3.8) is 0 Å². The van der Waals surface area contributed by atoms with E-state index in [1.807, 2.05) is 24.3 Å². The van der Waals surface area contributed by atoms with Crippen molar-refractivity contribution in [1.82, 2.24) is 0 Å². The summed E-state index contributed by atoms with van der Waals surface area (Å²) in [5.41, 5.74) is 1.05. The van der Waals surface area contributed by atoms with Crippen LogP contribution in [0.2, 0.25) is 0 Å². The fourth-order valence-corrected chi connectivity index (χ4v) is 3.82. The number of rotatable bonds is 2. The van der Waals surface area contributed by atoms with E-state index >= 15 is 0 Å². The first-order chi connectivity index (χ1) is 10.2. The van der Waals surface area contributed by atoms with Crippen LogP contribution in [0, 0.1) is 17.3 Å². The summed E-state index contributed by atoms with van der Waals surface area (Å²) in [5.74, 6) is 0.629. The van der Waals surface area contributed by atoms with E-state index in [0.29, 0.717) is 5.92 Å². The minimum absolute atomic E-state index is 0.0963. The van der Waals surface area contributed by atoms with E-state index in [4.69, 9.17) is 4.74 Å². The van der Waals surface area contributed by atoms with Gasteiger partial charge in [-0.25, -0.2) is 0 Å². The average Bonchev–Trinajstić information content (AvgIpc) is 3.13. The van der Waals surface area contributed by atoms with Crippen LogP contribution in [0.3, 0.4) is 0 Å². The largest absolute Gasteiger partial charge is 0.381 e. The van der Waals surface area contributed by atoms with Gasteiger partial charge in [-0.2, -0.15) is 0 Å². The van der Waals surface area contributed by atoms with Gasteiger partial charge in [0.1, 0.15) is 0 Å². The van der Waals surface area contributed by atoms with Gasteiger partial charge in [0, 0.05) is 29.5 Å². The maximum atomic E-state index is 12.6. The van der Waals surface area contributed by atoms with E-state index in [1.165, 1.54) is 0 Å². The molecule has 1 heterocycles. The predicted molar refractivity (Wildman–Crippen MR) is 83.1 cm³/mol. The Morgan fingerprint density at radius 2 is 2.05 bits per heavy atom. The molecule has 4 rings (SSSR count). The zero-order chi connectivity index (χ0) is 14.4. The van der Waals surface area contributed by atoms with Crippen molar-refractivity contribution >= 4 is 22.4 Å². The van der Waals surface area contributed by atoms with E-state index in [-0.39, 0.29) is 17.2 Å². The lowest BCUT2D eigenvalue weighted by molar-refractivity contribution is -0.118. The molecule has 0 bridgehead atoms. The smallest absolute Gasteiger partial charge is 0.228 e. The number of benzene rings is 2. The van der Waals surface area contributed by atoms with E-state index in [0.717, 1.165) is 36.1 Å². The molecule has 1 saturated heterocycles. The molecule has 0 aromatic heterocycles. The lowest BCUT2D eigenvalue weighted by Crippen LogP contribution is -2.18. The van der Waals surface area contributed by atoms with Crippen LogP contribution in [0.4, 0.5) is 5.69 Å². The van der Waals surface area contributed by atoms with Gasteiger partial charge in [0.25, 0.3) is 0 Å². The SMILES string of the molecule is C[C@]12CCOC[C@H]1[C@H]2C(=O)Nc1cccc2ccccc12. The molecule has 3 nitrogen and oxygen atoms in total. The van der Waals surface area contributed by atoms with Crippen LogP contribution >= 0.6 is 0 Å². The maximum Gasteiger partial charge on any atom is 0.228 e. The highest BCUT2D eigenvalue weighted by atomic mass is 16.5. The van der Waals surface area contributed by atoms with Crippen LogP contribution < -0.4 is 5.32 Å². The Labute approximate surface area is 124 Å². The van der Waals surface area contributed by atoms with Gasteiger partial charge in [-0.3, -0.25) is 4.79 Å². The average molecular weight is 281 g/mol. The molecule has 2 aromatic carbocycles. The number of nitrogens with one attached hydrogen (secondary N) is 1. The summed E-state index contributed by atoms with van der Waals surface area (Å²) < 4.78 is 5.51. The second kappa shape index (κ2) is 4.57. The number of hydrogen-bond donors (Lipinski definition) is 1. The molecule has 0 radical (unpaired) electrons. The second-order valence-corrected chi connectivity index (χ2v) is 6.43. The number of carbonyl (C=O) groups is 1. The topological polar surface area (TPSA) is 38.3 Å². The highest BCUT2D eigenvalue weighted by Gasteiger charge is 2.65. The van der Waals surface area contributed by atoms with Gasteiger partial charge >= 0.3 is 0 Å². The molecule has 1 saturated carbocycles. The van der Waals surface area contributed by atoms with Crippen molar-refractivity contribution in [3.05, 3.63) is 42.5 Å². The van der Waals surface area contributed by atoms with Gasteiger partial charge in [-0.15, -0.1) is 0 Å². The molecular weight excluding hydrogens is 262 g/mol. The quantitative estimate of drug-likeness (QED) is 0.915. The summed E-state index contributed by atoms with van der Waals surface area (Å²) >= 11 is 0. The molecule has 108 valence electrons. The lowest BCUT2D eigenvalue weighted by Gasteiger charge is -2.16. The fraction of sp³-hybridized carbons (Fsp3) is 0.389. The molecule has 0 unspecified atom stereocenters. The van der Waals surface area contributed by atoms with E-state index in [1.54, 1.807) is 0 Å². The van der Waals surface area contributed by atoms with Gasteiger partial charge in [0.05, 0.1) is 6.61 Å². The van der Waals surface area contributed by atoms with Crippen LogP contribution in [0.5, 0.6) is 0 Å². The van der Waals surface area contributed by atoms with Crippen LogP contribution in [0.25, 0.3) is 10.8 Å². The molecular formula is C18H19NO2. The van der Waals surface area contributed by atoms with Crippen LogP contribution in [-0.4, -0.2) is 19.1 Å². The van der Waals surface area contributed by atoms with Crippen molar-refractivity contribution in [1.29, 1.82) is 0 Å². The second-order valence-electron chi connectivity index (χ2n) is 6.43. The molecule has 2 fully saturated rings. The predicted octanol–water partition coefficient (Wildman–Crippen LogP) is 3.45. The Kier molecular flexibility index (Phi) is 2.79. The van der Waals surface area contributed by atoms with Crippen molar-refractivity contribution in [2.75, 3.05) is 18.5 Å². The first-order valence-corrected chi connectivity index (χ1v) is 7.56. The Morgan fingerprint density at radius 3 is 2.86 bits per heavy atom. The van der Waals surface area contributed by atoms with Gasteiger partial charge in [-0.05, 0) is 23.3 Å². The van der Waals surface area contributed by atoms with Crippen molar-refractivity contribution < 1.29 is 9.53 Å². The highest BCUT2D eigenvalue weighted by molar-refractivity contribution is 6.04. The summed E-state index contributed by atoms with van der Waals surface area (Å²) in [7, 11) is 0. The minimum Gasteiger partial charge on any atom is -0.381 e. The zero-order valence-corrected chi connectivity index (χ0v) is 12.1. The third kappa shape index (κ3) is 1.95. The third-order valence-electron chi connectivity index (χ3n) is 5.26. The first kappa shape index (κ1) is 12.8. The fourth-order valence-electron chi connectivity index (χ4n) is 3.82. The van der Waals surface area contributed by atoms with Gasteiger partial charge < -0.3 is 10.1 Å². The zero-order valence-electron chi connectivity index (χ0n) is 12.1. The number of fused-ring (bicyclic) bond motifs is 2. The van der Waals surface area contributed by atoms with Crippen LogP contribution in [0.15, 0.2) is 42.5 Å². The Bertz CT molecular complexity index is 706. The minimum atomic E-state index is 0.0963. The van der Waals surface area contributed by atoms with Crippen LogP contribution in [-0.2, 0) is 9.53 Å². The summed E-state index contributed by atoms with van der Waals surface area (Å²) in [6.45, 7) is 3.72. The molecule has 21 heavy (non-hydrogen) atoms. The monoisotopic (exact) mass is 281 g/mol. The summed E-state index contributed by atoms with van der Waals surface area (Å²) in [6, 6.07) is 14.2. The standard InChI is InChI=1S/C18H19NO2/c1-18-9-10-21-11-14(18)16(18)17(20)19-15-8-4-6-12-5-2-3-7-13(12)15/h2-8,14,16H,9-11H2,1H3,(H,19,20)/t14-,16-,18-/m0/s1. The Morgan fingerprint density at radius 1 is 1.24 bits per heavy atom. The highest BCUT2D eigenvalue weighted by Crippen LogP contribution is 2.62. The number of anilines is 1. The summed E-state index contributed by atoms with van der Waals surface area (Å²) in [4.78, 5) is 12.6. The number of hydrogen-bond acceptors (Lipinski definition) is 2. The van der Waals surface area contributed by atoms with Gasteiger partial charge in [0.2, 0.25) is 5.91 Å². The van der Waals surface area contributed by atoms with Crippen molar-refractivity contribution in [2.24, 2.45) is 17.3 Å². The molecule has 2 aromatic rings. The number of ether oxygens (including phenoxy) is 1. The molecule has 2 aliphatic rings. The molecule has 3 heteroatoms. The van der Waals surface area contributed by atoms with Gasteiger partial charge in [0.15, 0.2) is 0 Å². The van der Waals surface area contributed by atoms with E-state index < -0.39 is 0 Å².